The average molecular weight is 334 g/mol. The maximum atomic E-state index is 12.4. The van der Waals surface area contributed by atoms with Crippen LogP contribution < -0.4 is 14.8 Å². The molecule has 0 aliphatic rings. The Morgan fingerprint density at radius 3 is 2.44 bits per heavy atom. The average Bonchev–Trinajstić information content (AvgIpc) is 2.65. The highest BCUT2D eigenvalue weighted by molar-refractivity contribution is 6.06. The number of hydrogen-bond donors (Lipinski definition) is 1. The van der Waals surface area contributed by atoms with Crippen LogP contribution in [-0.2, 0) is 0 Å². The number of benzene rings is 2. The highest BCUT2D eigenvalue weighted by Gasteiger charge is 2.11. The van der Waals surface area contributed by atoms with E-state index in [2.05, 4.69) is 10.3 Å². The number of rotatable bonds is 5. The van der Waals surface area contributed by atoms with Crippen LogP contribution in [-0.4, -0.2) is 18.0 Å². The van der Waals surface area contributed by atoms with Crippen LogP contribution in [0.1, 0.15) is 15.9 Å². The molecule has 0 fully saturated rings. The Kier molecular flexibility index (Phi) is 4.95. The molecule has 0 radical (unpaired) electrons. The van der Waals surface area contributed by atoms with Gasteiger partial charge < -0.3 is 14.8 Å². The van der Waals surface area contributed by atoms with E-state index in [-0.39, 0.29) is 5.91 Å². The van der Waals surface area contributed by atoms with E-state index in [1.54, 1.807) is 36.5 Å². The molecule has 2 aromatic carbocycles. The third-order valence-electron chi connectivity index (χ3n) is 3.59. The Labute approximate surface area is 146 Å². The summed E-state index contributed by atoms with van der Waals surface area (Å²) < 4.78 is 10.9. The van der Waals surface area contributed by atoms with E-state index in [4.69, 9.17) is 9.47 Å². The van der Waals surface area contributed by atoms with Crippen LogP contribution in [0.4, 0.5) is 5.69 Å². The lowest BCUT2D eigenvalue weighted by Gasteiger charge is -2.09. The number of para-hydroxylation sites is 1. The highest BCUT2D eigenvalue weighted by Crippen LogP contribution is 2.22. The van der Waals surface area contributed by atoms with Crippen molar-refractivity contribution in [3.05, 3.63) is 78.0 Å². The molecule has 1 N–H and O–H groups in total. The van der Waals surface area contributed by atoms with Crippen molar-refractivity contribution in [3.63, 3.8) is 0 Å². The van der Waals surface area contributed by atoms with Crippen molar-refractivity contribution < 1.29 is 14.3 Å². The minimum Gasteiger partial charge on any atom is -0.496 e. The molecule has 0 saturated heterocycles. The van der Waals surface area contributed by atoms with E-state index >= 15 is 0 Å². The number of carbonyl (C=O) groups excluding carboxylic acids is 1. The molecule has 0 bridgehead atoms. The van der Waals surface area contributed by atoms with Crippen LogP contribution >= 0.6 is 0 Å². The largest absolute Gasteiger partial charge is 0.496 e. The van der Waals surface area contributed by atoms with Gasteiger partial charge in [0, 0.05) is 6.07 Å². The molecule has 0 aliphatic carbocycles. The molecule has 0 spiro atoms. The summed E-state index contributed by atoms with van der Waals surface area (Å²) in [5.74, 6) is 1.43. The number of aryl methyl sites for hydroxylation is 1. The van der Waals surface area contributed by atoms with Gasteiger partial charge in [-0.1, -0.05) is 29.8 Å². The molecule has 1 heterocycles. The van der Waals surface area contributed by atoms with Crippen LogP contribution in [0.15, 0.2) is 66.9 Å². The number of ether oxygens (including phenoxy) is 2. The SMILES string of the molecule is COc1ccccc1C(=O)Nc1ccc(Oc2ccc(C)cc2)nc1. The third kappa shape index (κ3) is 4.14. The lowest BCUT2D eigenvalue weighted by Crippen LogP contribution is -2.13. The first kappa shape index (κ1) is 16.5. The van der Waals surface area contributed by atoms with Crippen LogP contribution in [0.25, 0.3) is 0 Å². The van der Waals surface area contributed by atoms with Gasteiger partial charge in [-0.05, 0) is 37.3 Å². The van der Waals surface area contributed by atoms with Crippen molar-refractivity contribution in [2.24, 2.45) is 0 Å². The molecule has 0 unspecified atom stereocenters. The van der Waals surface area contributed by atoms with Crippen molar-refractivity contribution in [2.75, 3.05) is 12.4 Å². The van der Waals surface area contributed by atoms with Gasteiger partial charge in [-0.3, -0.25) is 4.79 Å². The summed E-state index contributed by atoms with van der Waals surface area (Å²) in [6, 6.07) is 18.2. The van der Waals surface area contributed by atoms with E-state index in [1.807, 2.05) is 37.3 Å². The summed E-state index contributed by atoms with van der Waals surface area (Å²) in [6.07, 6.45) is 1.55. The zero-order valence-electron chi connectivity index (χ0n) is 14.0. The van der Waals surface area contributed by atoms with E-state index < -0.39 is 0 Å². The molecule has 3 rings (SSSR count). The molecule has 3 aromatic rings. The first-order chi connectivity index (χ1) is 12.2. The van der Waals surface area contributed by atoms with Gasteiger partial charge in [0.25, 0.3) is 5.91 Å². The molecule has 5 heteroatoms. The van der Waals surface area contributed by atoms with Crippen LogP contribution in [0.5, 0.6) is 17.4 Å². The molecule has 1 aromatic heterocycles. The second-order valence-corrected chi connectivity index (χ2v) is 5.45. The van der Waals surface area contributed by atoms with Gasteiger partial charge in [0.2, 0.25) is 5.88 Å². The minimum atomic E-state index is -0.258. The first-order valence-corrected chi connectivity index (χ1v) is 7.80. The minimum absolute atomic E-state index is 0.258. The van der Waals surface area contributed by atoms with Crippen molar-refractivity contribution in [3.8, 4) is 17.4 Å². The fourth-order valence-corrected chi connectivity index (χ4v) is 2.27. The van der Waals surface area contributed by atoms with E-state index in [0.29, 0.717) is 28.6 Å². The molecule has 0 saturated carbocycles. The molecule has 126 valence electrons. The molecule has 0 atom stereocenters. The van der Waals surface area contributed by atoms with Gasteiger partial charge in [0.1, 0.15) is 11.5 Å². The lowest BCUT2D eigenvalue weighted by atomic mass is 10.2. The van der Waals surface area contributed by atoms with E-state index in [9.17, 15) is 4.79 Å². The number of pyridine rings is 1. The Balaban J connectivity index is 1.68. The summed E-state index contributed by atoms with van der Waals surface area (Å²) in [5, 5.41) is 2.79. The normalized spacial score (nSPS) is 10.2. The topological polar surface area (TPSA) is 60.5 Å². The van der Waals surface area contributed by atoms with Crippen molar-refractivity contribution in [1.82, 2.24) is 4.98 Å². The third-order valence-corrected chi connectivity index (χ3v) is 3.59. The number of amides is 1. The zero-order valence-corrected chi connectivity index (χ0v) is 14.0. The Morgan fingerprint density at radius 1 is 1.00 bits per heavy atom. The molecule has 5 nitrogen and oxygen atoms in total. The predicted molar refractivity (Wildman–Crippen MR) is 96.4 cm³/mol. The first-order valence-electron chi connectivity index (χ1n) is 7.80. The number of hydrogen-bond acceptors (Lipinski definition) is 4. The predicted octanol–water partition coefficient (Wildman–Crippen LogP) is 4.44. The second kappa shape index (κ2) is 7.49. The molecule has 25 heavy (non-hydrogen) atoms. The quantitative estimate of drug-likeness (QED) is 0.749. The van der Waals surface area contributed by atoms with Gasteiger partial charge in [0.05, 0.1) is 24.6 Å². The molecular weight excluding hydrogens is 316 g/mol. The summed E-state index contributed by atoms with van der Waals surface area (Å²) >= 11 is 0. The van der Waals surface area contributed by atoms with E-state index in [1.165, 1.54) is 7.11 Å². The summed E-state index contributed by atoms with van der Waals surface area (Å²) in [4.78, 5) is 16.6. The number of aromatic nitrogens is 1. The van der Waals surface area contributed by atoms with Gasteiger partial charge in [-0.25, -0.2) is 4.98 Å². The number of carbonyl (C=O) groups is 1. The smallest absolute Gasteiger partial charge is 0.259 e. The Bertz CT molecular complexity index is 859. The fraction of sp³-hybridized carbons (Fsp3) is 0.100. The van der Waals surface area contributed by atoms with Crippen LogP contribution in [0.2, 0.25) is 0 Å². The summed E-state index contributed by atoms with van der Waals surface area (Å²) in [5.41, 5.74) is 2.20. The Hall–Kier alpha value is -3.34. The zero-order chi connectivity index (χ0) is 17.6. The summed E-state index contributed by atoms with van der Waals surface area (Å²) in [7, 11) is 1.53. The van der Waals surface area contributed by atoms with Gasteiger partial charge in [-0.2, -0.15) is 0 Å². The second-order valence-electron chi connectivity index (χ2n) is 5.45. The van der Waals surface area contributed by atoms with Crippen molar-refractivity contribution >= 4 is 11.6 Å². The Morgan fingerprint density at radius 2 is 1.76 bits per heavy atom. The molecule has 0 aliphatic heterocycles. The van der Waals surface area contributed by atoms with Crippen molar-refractivity contribution in [1.29, 1.82) is 0 Å². The van der Waals surface area contributed by atoms with Crippen LogP contribution in [0, 0.1) is 6.92 Å². The van der Waals surface area contributed by atoms with Gasteiger partial charge in [-0.15, -0.1) is 0 Å². The maximum Gasteiger partial charge on any atom is 0.259 e. The number of nitrogens with one attached hydrogen (secondary N) is 1. The van der Waals surface area contributed by atoms with Crippen LogP contribution in [0.3, 0.4) is 0 Å². The standard InChI is InChI=1S/C20H18N2O3/c1-14-7-10-16(11-8-14)25-19-12-9-15(13-21-19)22-20(23)17-5-3-4-6-18(17)24-2/h3-13H,1-2H3,(H,22,23). The number of nitrogens with zero attached hydrogens (tertiary/aromatic N) is 1. The molecule has 1 amide bonds. The van der Waals surface area contributed by atoms with E-state index in [0.717, 1.165) is 5.56 Å². The fourth-order valence-electron chi connectivity index (χ4n) is 2.27. The maximum absolute atomic E-state index is 12.4. The van der Waals surface area contributed by atoms with Gasteiger partial charge >= 0.3 is 0 Å². The molecular formula is C20H18N2O3. The van der Waals surface area contributed by atoms with Gasteiger partial charge in [0.15, 0.2) is 0 Å². The lowest BCUT2D eigenvalue weighted by molar-refractivity contribution is 0.102. The highest BCUT2D eigenvalue weighted by atomic mass is 16.5. The number of methoxy groups -OCH3 is 1. The van der Waals surface area contributed by atoms with Crippen molar-refractivity contribution in [2.45, 2.75) is 6.92 Å². The number of anilines is 1. The monoisotopic (exact) mass is 334 g/mol. The summed E-state index contributed by atoms with van der Waals surface area (Å²) in [6.45, 7) is 2.02.